The van der Waals surface area contributed by atoms with Gasteiger partial charge in [0, 0.05) is 12.6 Å². The molecule has 0 aliphatic rings. The molecule has 0 aromatic carbocycles. The number of hydrogen-bond acceptors (Lipinski definition) is 4. The molecule has 1 heterocycles. The first-order valence-corrected chi connectivity index (χ1v) is 5.34. The van der Waals surface area contributed by atoms with Gasteiger partial charge < -0.3 is 14.6 Å². The van der Waals surface area contributed by atoms with Crippen LogP contribution in [0.4, 0.5) is 17.6 Å². The van der Waals surface area contributed by atoms with Crippen LogP contribution in [0.25, 0.3) is 0 Å². The van der Waals surface area contributed by atoms with Crippen molar-refractivity contribution in [3.8, 4) is 0 Å². The summed E-state index contributed by atoms with van der Waals surface area (Å²) in [5.41, 5.74) is 0.594. The Hall–Kier alpha value is -1.15. The standard InChI is InChI=1S/C10H14F4N2O2/c1-2-15-4-7-3-8(18-16-7)5-17-6-10(13,14)9(11)12/h3,9,15H,2,4-6H2,1H3. The lowest BCUT2D eigenvalue weighted by atomic mass is 10.3. The number of rotatable bonds is 8. The molecule has 1 rings (SSSR count). The van der Waals surface area contributed by atoms with Crippen LogP contribution >= 0.6 is 0 Å². The molecule has 104 valence electrons. The highest BCUT2D eigenvalue weighted by molar-refractivity contribution is 5.04. The molecular weight excluding hydrogens is 256 g/mol. The highest BCUT2D eigenvalue weighted by Gasteiger charge is 2.41. The van der Waals surface area contributed by atoms with Crippen molar-refractivity contribution in [3.63, 3.8) is 0 Å². The number of nitrogens with one attached hydrogen (secondary N) is 1. The molecule has 8 heteroatoms. The van der Waals surface area contributed by atoms with Crippen LogP contribution in [0.15, 0.2) is 10.6 Å². The summed E-state index contributed by atoms with van der Waals surface area (Å²) >= 11 is 0. The van der Waals surface area contributed by atoms with Crippen molar-refractivity contribution in [1.29, 1.82) is 0 Å². The van der Waals surface area contributed by atoms with E-state index in [1.165, 1.54) is 6.07 Å². The SMILES string of the molecule is CCNCc1cc(COCC(F)(F)C(F)F)on1. The highest BCUT2D eigenvalue weighted by atomic mass is 19.3. The van der Waals surface area contributed by atoms with E-state index in [0.29, 0.717) is 12.2 Å². The van der Waals surface area contributed by atoms with E-state index in [4.69, 9.17) is 4.52 Å². The quantitative estimate of drug-likeness (QED) is 0.736. The molecule has 0 saturated heterocycles. The van der Waals surface area contributed by atoms with Crippen LogP contribution < -0.4 is 5.32 Å². The highest BCUT2D eigenvalue weighted by Crippen LogP contribution is 2.23. The Morgan fingerprint density at radius 2 is 2.22 bits per heavy atom. The minimum absolute atomic E-state index is 0.216. The van der Waals surface area contributed by atoms with E-state index in [1.54, 1.807) is 0 Å². The molecule has 1 aromatic heterocycles. The van der Waals surface area contributed by atoms with Crippen molar-refractivity contribution in [2.45, 2.75) is 32.4 Å². The molecule has 0 fully saturated rings. The number of alkyl halides is 4. The van der Waals surface area contributed by atoms with Crippen LogP contribution in [0.3, 0.4) is 0 Å². The fraction of sp³-hybridized carbons (Fsp3) is 0.700. The van der Waals surface area contributed by atoms with Gasteiger partial charge in [0.1, 0.15) is 13.2 Å². The van der Waals surface area contributed by atoms with Gasteiger partial charge in [0.25, 0.3) is 0 Å². The van der Waals surface area contributed by atoms with Crippen LogP contribution in [0, 0.1) is 0 Å². The van der Waals surface area contributed by atoms with Gasteiger partial charge >= 0.3 is 12.3 Å². The zero-order valence-electron chi connectivity index (χ0n) is 9.76. The van der Waals surface area contributed by atoms with Crippen LogP contribution in [0.1, 0.15) is 18.4 Å². The summed E-state index contributed by atoms with van der Waals surface area (Å²) in [4.78, 5) is 0. The average molecular weight is 270 g/mol. The fourth-order valence-electron chi connectivity index (χ4n) is 1.11. The minimum Gasteiger partial charge on any atom is -0.367 e. The summed E-state index contributed by atoms with van der Waals surface area (Å²) in [6, 6.07) is 1.52. The first-order chi connectivity index (χ1) is 8.45. The second kappa shape index (κ2) is 6.69. The van der Waals surface area contributed by atoms with Crippen molar-refractivity contribution < 1.29 is 26.8 Å². The predicted molar refractivity (Wildman–Crippen MR) is 54.5 cm³/mol. The van der Waals surface area contributed by atoms with E-state index in [9.17, 15) is 17.6 Å². The summed E-state index contributed by atoms with van der Waals surface area (Å²) in [5, 5.41) is 6.64. The number of ether oxygens (including phenoxy) is 1. The molecule has 1 N–H and O–H groups in total. The average Bonchev–Trinajstić information content (AvgIpc) is 2.74. The Morgan fingerprint density at radius 1 is 1.50 bits per heavy atom. The van der Waals surface area contributed by atoms with Gasteiger partial charge in [-0.1, -0.05) is 12.1 Å². The summed E-state index contributed by atoms with van der Waals surface area (Å²) < 4.78 is 57.9. The van der Waals surface area contributed by atoms with Crippen LogP contribution in [-0.4, -0.2) is 30.7 Å². The van der Waals surface area contributed by atoms with Gasteiger partial charge in [-0.05, 0) is 6.54 Å². The first kappa shape index (κ1) is 14.9. The van der Waals surface area contributed by atoms with Gasteiger partial charge in [-0.15, -0.1) is 0 Å². The maximum Gasteiger partial charge on any atom is 0.330 e. The number of nitrogens with zero attached hydrogens (tertiary/aromatic N) is 1. The molecule has 1 aromatic rings. The van der Waals surface area contributed by atoms with E-state index >= 15 is 0 Å². The summed E-state index contributed by atoms with van der Waals surface area (Å²) in [6.07, 6.45) is -3.74. The molecule has 0 saturated carbocycles. The van der Waals surface area contributed by atoms with Gasteiger partial charge in [0.2, 0.25) is 0 Å². The first-order valence-electron chi connectivity index (χ1n) is 5.34. The third kappa shape index (κ3) is 4.61. The topological polar surface area (TPSA) is 47.3 Å². The summed E-state index contributed by atoms with van der Waals surface area (Å²) in [7, 11) is 0. The van der Waals surface area contributed by atoms with E-state index < -0.39 is 19.0 Å². The van der Waals surface area contributed by atoms with Crippen LogP contribution in [0.5, 0.6) is 0 Å². The lowest BCUT2D eigenvalue weighted by Crippen LogP contribution is -2.32. The Morgan fingerprint density at radius 3 is 2.83 bits per heavy atom. The molecule has 18 heavy (non-hydrogen) atoms. The Kier molecular flexibility index (Phi) is 5.54. The zero-order valence-corrected chi connectivity index (χ0v) is 9.76. The lowest BCUT2D eigenvalue weighted by molar-refractivity contribution is -0.169. The molecule has 0 aliphatic heterocycles. The monoisotopic (exact) mass is 270 g/mol. The Bertz CT molecular complexity index is 357. The van der Waals surface area contributed by atoms with Crippen molar-refractivity contribution in [2.24, 2.45) is 0 Å². The molecular formula is C10H14F4N2O2. The van der Waals surface area contributed by atoms with E-state index in [0.717, 1.165) is 6.54 Å². The van der Waals surface area contributed by atoms with E-state index in [-0.39, 0.29) is 12.4 Å². The lowest BCUT2D eigenvalue weighted by Gasteiger charge is -2.14. The molecule has 0 atom stereocenters. The fourth-order valence-corrected chi connectivity index (χ4v) is 1.11. The van der Waals surface area contributed by atoms with Crippen molar-refractivity contribution in [2.75, 3.05) is 13.2 Å². The molecule has 0 aliphatic carbocycles. The van der Waals surface area contributed by atoms with Gasteiger partial charge in [-0.3, -0.25) is 0 Å². The Labute approximate surface area is 101 Å². The second-order valence-electron chi connectivity index (χ2n) is 3.62. The van der Waals surface area contributed by atoms with Crippen molar-refractivity contribution >= 4 is 0 Å². The molecule has 0 unspecified atom stereocenters. The smallest absolute Gasteiger partial charge is 0.330 e. The maximum absolute atomic E-state index is 12.5. The predicted octanol–water partition coefficient (Wildman–Crippen LogP) is 2.20. The molecule has 0 amide bonds. The van der Waals surface area contributed by atoms with Gasteiger partial charge in [-0.2, -0.15) is 8.78 Å². The molecule has 0 spiro atoms. The van der Waals surface area contributed by atoms with E-state index in [1.807, 2.05) is 6.92 Å². The number of hydrogen-bond donors (Lipinski definition) is 1. The molecule has 4 nitrogen and oxygen atoms in total. The Balaban J connectivity index is 2.33. The van der Waals surface area contributed by atoms with Crippen molar-refractivity contribution in [3.05, 3.63) is 17.5 Å². The van der Waals surface area contributed by atoms with Crippen molar-refractivity contribution in [1.82, 2.24) is 10.5 Å². The zero-order chi connectivity index (χ0) is 13.6. The number of aromatic nitrogens is 1. The van der Waals surface area contributed by atoms with Gasteiger partial charge in [-0.25, -0.2) is 8.78 Å². The normalized spacial score (nSPS) is 12.3. The molecule has 0 radical (unpaired) electrons. The van der Waals surface area contributed by atoms with Crippen LogP contribution in [0.2, 0.25) is 0 Å². The molecule has 0 bridgehead atoms. The summed E-state index contributed by atoms with van der Waals surface area (Å²) in [6.45, 7) is 1.47. The van der Waals surface area contributed by atoms with Gasteiger partial charge in [0.15, 0.2) is 5.76 Å². The van der Waals surface area contributed by atoms with Crippen LogP contribution in [-0.2, 0) is 17.9 Å². The third-order valence-electron chi connectivity index (χ3n) is 2.02. The maximum atomic E-state index is 12.5. The van der Waals surface area contributed by atoms with Gasteiger partial charge in [0.05, 0.1) is 5.69 Å². The summed E-state index contributed by atoms with van der Waals surface area (Å²) in [5.74, 6) is -3.93. The second-order valence-corrected chi connectivity index (χ2v) is 3.62. The van der Waals surface area contributed by atoms with E-state index in [2.05, 4.69) is 15.2 Å². The number of halogens is 4. The third-order valence-corrected chi connectivity index (χ3v) is 2.02. The largest absolute Gasteiger partial charge is 0.367 e. The minimum atomic E-state index is -4.15.